The Labute approximate surface area is 79.8 Å². The highest BCUT2D eigenvalue weighted by Gasteiger charge is 2.08. The van der Waals surface area contributed by atoms with Crippen molar-refractivity contribution in [2.45, 2.75) is 26.3 Å². The number of hydroxylamine groups is 2. The van der Waals surface area contributed by atoms with Crippen LogP contribution in [0.2, 0.25) is 0 Å². The molecule has 0 aliphatic rings. The lowest BCUT2D eigenvalue weighted by molar-refractivity contribution is -0.117. The van der Waals surface area contributed by atoms with Gasteiger partial charge in [0.25, 0.3) is 0 Å². The van der Waals surface area contributed by atoms with Gasteiger partial charge in [-0.2, -0.15) is 5.06 Å². The van der Waals surface area contributed by atoms with Crippen LogP contribution in [-0.4, -0.2) is 22.9 Å². The third-order valence-corrected chi connectivity index (χ3v) is 2.21. The molecule has 2 heteroatoms. The highest BCUT2D eigenvalue weighted by atomic mass is 16.5. The predicted octanol–water partition coefficient (Wildman–Crippen LogP) is 2.33. The van der Waals surface area contributed by atoms with Crippen molar-refractivity contribution in [2.75, 3.05) is 6.54 Å². The maximum Gasteiger partial charge on any atom is 0.0362 e. The Morgan fingerprint density at radius 2 is 1.92 bits per heavy atom. The molecule has 1 rings (SSSR count). The van der Waals surface area contributed by atoms with Crippen molar-refractivity contribution in [3.05, 3.63) is 35.9 Å². The normalized spacial score (nSPS) is 13.2. The van der Waals surface area contributed by atoms with Gasteiger partial charge in [-0.05, 0) is 18.9 Å². The fourth-order valence-corrected chi connectivity index (χ4v) is 1.37. The van der Waals surface area contributed by atoms with Gasteiger partial charge in [-0.1, -0.05) is 37.3 Å². The van der Waals surface area contributed by atoms with Crippen LogP contribution < -0.4 is 0 Å². The van der Waals surface area contributed by atoms with Crippen LogP contribution in [0.1, 0.15) is 19.4 Å². The van der Waals surface area contributed by atoms with E-state index in [4.69, 9.17) is 0 Å². The molecule has 0 spiro atoms. The van der Waals surface area contributed by atoms with Gasteiger partial charge < -0.3 is 5.21 Å². The van der Waals surface area contributed by atoms with E-state index in [-0.39, 0.29) is 6.04 Å². The van der Waals surface area contributed by atoms with Crippen LogP contribution in [0.4, 0.5) is 0 Å². The minimum Gasteiger partial charge on any atom is -0.314 e. The molecule has 0 aliphatic heterocycles. The van der Waals surface area contributed by atoms with E-state index < -0.39 is 0 Å². The zero-order valence-electron chi connectivity index (χ0n) is 8.27. The van der Waals surface area contributed by atoms with Crippen LogP contribution in [0.5, 0.6) is 0 Å². The predicted molar refractivity (Wildman–Crippen MR) is 53.8 cm³/mol. The maximum atomic E-state index is 9.42. The smallest absolute Gasteiger partial charge is 0.0362 e. The van der Waals surface area contributed by atoms with E-state index in [2.05, 4.69) is 12.1 Å². The molecule has 72 valence electrons. The zero-order chi connectivity index (χ0) is 9.68. The number of hydrogen-bond donors (Lipinski definition) is 1. The SMILES string of the molecule is CCN(O)C(C)Cc1ccccc1. The summed E-state index contributed by atoms with van der Waals surface area (Å²) >= 11 is 0. The third-order valence-electron chi connectivity index (χ3n) is 2.21. The number of benzene rings is 1. The Bertz CT molecular complexity index is 235. The second-order valence-electron chi connectivity index (χ2n) is 3.29. The molecule has 0 aliphatic carbocycles. The van der Waals surface area contributed by atoms with Crippen LogP contribution >= 0.6 is 0 Å². The maximum absolute atomic E-state index is 9.42. The van der Waals surface area contributed by atoms with E-state index in [0.717, 1.165) is 6.42 Å². The van der Waals surface area contributed by atoms with E-state index in [0.29, 0.717) is 6.54 Å². The van der Waals surface area contributed by atoms with Gasteiger partial charge in [0.05, 0.1) is 0 Å². The van der Waals surface area contributed by atoms with Crippen molar-refractivity contribution < 1.29 is 5.21 Å². The summed E-state index contributed by atoms with van der Waals surface area (Å²) in [5.74, 6) is 0. The second kappa shape index (κ2) is 5.00. The number of nitrogens with zero attached hydrogens (tertiary/aromatic N) is 1. The van der Waals surface area contributed by atoms with Gasteiger partial charge in [0.2, 0.25) is 0 Å². The molecular weight excluding hydrogens is 162 g/mol. The second-order valence-corrected chi connectivity index (χ2v) is 3.29. The van der Waals surface area contributed by atoms with Crippen LogP contribution in [0.3, 0.4) is 0 Å². The van der Waals surface area contributed by atoms with Gasteiger partial charge in [-0.3, -0.25) is 0 Å². The molecule has 0 radical (unpaired) electrons. The summed E-state index contributed by atoms with van der Waals surface area (Å²) in [6, 6.07) is 10.4. The van der Waals surface area contributed by atoms with Crippen LogP contribution in [0, 0.1) is 0 Å². The first-order valence-corrected chi connectivity index (χ1v) is 4.73. The molecule has 13 heavy (non-hydrogen) atoms. The quantitative estimate of drug-likeness (QED) is 0.717. The summed E-state index contributed by atoms with van der Waals surface area (Å²) in [6.45, 7) is 4.64. The zero-order valence-corrected chi connectivity index (χ0v) is 8.27. The van der Waals surface area contributed by atoms with E-state index in [9.17, 15) is 5.21 Å². The van der Waals surface area contributed by atoms with Crippen molar-refractivity contribution in [3.63, 3.8) is 0 Å². The molecule has 1 N–H and O–H groups in total. The lowest BCUT2D eigenvalue weighted by Gasteiger charge is -2.20. The first kappa shape index (κ1) is 10.2. The minimum absolute atomic E-state index is 0.187. The highest BCUT2D eigenvalue weighted by molar-refractivity contribution is 5.15. The largest absolute Gasteiger partial charge is 0.314 e. The summed E-state index contributed by atoms with van der Waals surface area (Å²) < 4.78 is 0. The summed E-state index contributed by atoms with van der Waals surface area (Å²) in [6.07, 6.45) is 0.894. The average Bonchev–Trinajstić information content (AvgIpc) is 2.18. The molecule has 0 heterocycles. The summed E-state index contributed by atoms with van der Waals surface area (Å²) in [5.41, 5.74) is 1.27. The Morgan fingerprint density at radius 3 is 2.46 bits per heavy atom. The average molecular weight is 179 g/mol. The van der Waals surface area contributed by atoms with Crippen molar-refractivity contribution in [1.82, 2.24) is 5.06 Å². The molecule has 1 aromatic carbocycles. The minimum atomic E-state index is 0.187. The van der Waals surface area contributed by atoms with Gasteiger partial charge in [-0.25, -0.2) is 0 Å². The van der Waals surface area contributed by atoms with Crippen molar-refractivity contribution in [2.24, 2.45) is 0 Å². The summed E-state index contributed by atoms with van der Waals surface area (Å²) in [7, 11) is 0. The monoisotopic (exact) mass is 179 g/mol. The van der Waals surface area contributed by atoms with Crippen LogP contribution in [0.25, 0.3) is 0 Å². The van der Waals surface area contributed by atoms with Gasteiger partial charge >= 0.3 is 0 Å². The van der Waals surface area contributed by atoms with Gasteiger partial charge in [0.15, 0.2) is 0 Å². The van der Waals surface area contributed by atoms with E-state index >= 15 is 0 Å². The lowest BCUT2D eigenvalue weighted by Crippen LogP contribution is -2.31. The number of hydrogen-bond acceptors (Lipinski definition) is 2. The Morgan fingerprint density at radius 1 is 1.31 bits per heavy atom. The lowest BCUT2D eigenvalue weighted by atomic mass is 10.1. The summed E-state index contributed by atoms with van der Waals surface area (Å²) in [4.78, 5) is 0. The standard InChI is InChI=1S/C11H17NO/c1-3-12(13)10(2)9-11-7-5-4-6-8-11/h4-8,10,13H,3,9H2,1-2H3. The van der Waals surface area contributed by atoms with E-state index in [1.165, 1.54) is 10.6 Å². The Kier molecular flexibility index (Phi) is 3.93. The van der Waals surface area contributed by atoms with Crippen LogP contribution in [-0.2, 0) is 6.42 Å². The molecular formula is C11H17NO. The topological polar surface area (TPSA) is 23.5 Å². The Hall–Kier alpha value is -0.860. The molecule has 1 aromatic rings. The highest BCUT2D eigenvalue weighted by Crippen LogP contribution is 2.06. The molecule has 0 aromatic heterocycles. The molecule has 1 atom stereocenters. The molecule has 0 bridgehead atoms. The van der Waals surface area contributed by atoms with Crippen molar-refractivity contribution in [1.29, 1.82) is 0 Å². The van der Waals surface area contributed by atoms with E-state index in [1.807, 2.05) is 32.0 Å². The fourth-order valence-electron chi connectivity index (χ4n) is 1.37. The number of likely N-dealkylation sites (N-methyl/N-ethyl adjacent to an activating group) is 1. The molecule has 1 unspecified atom stereocenters. The Balaban J connectivity index is 2.50. The van der Waals surface area contributed by atoms with Gasteiger partial charge in [-0.15, -0.1) is 0 Å². The summed E-state index contributed by atoms with van der Waals surface area (Å²) in [5, 5.41) is 10.8. The molecule has 0 fully saturated rings. The van der Waals surface area contributed by atoms with Gasteiger partial charge in [0.1, 0.15) is 0 Å². The molecule has 0 amide bonds. The van der Waals surface area contributed by atoms with Crippen molar-refractivity contribution in [3.8, 4) is 0 Å². The molecule has 2 nitrogen and oxygen atoms in total. The first-order valence-electron chi connectivity index (χ1n) is 4.73. The molecule has 0 saturated heterocycles. The first-order chi connectivity index (χ1) is 6.24. The van der Waals surface area contributed by atoms with E-state index in [1.54, 1.807) is 0 Å². The third kappa shape index (κ3) is 3.17. The molecule has 0 saturated carbocycles. The van der Waals surface area contributed by atoms with Gasteiger partial charge in [0, 0.05) is 12.6 Å². The van der Waals surface area contributed by atoms with Crippen LogP contribution in [0.15, 0.2) is 30.3 Å². The fraction of sp³-hybridized carbons (Fsp3) is 0.455. The van der Waals surface area contributed by atoms with Crippen molar-refractivity contribution >= 4 is 0 Å². The number of rotatable bonds is 4.